The number of carboxylic acid groups (broad SMARTS) is 1. The number of piperidine rings is 1. The number of benzene rings is 1. The Morgan fingerprint density at radius 3 is 2.59 bits per heavy atom. The summed E-state index contributed by atoms with van der Waals surface area (Å²) in [6, 6.07) is 10.8. The first-order valence-corrected chi connectivity index (χ1v) is 11.3. The molecule has 37 heavy (non-hydrogen) atoms. The molecule has 2 aromatic rings. The maximum atomic E-state index is 13.4. The fourth-order valence-corrected chi connectivity index (χ4v) is 4.58. The molecule has 4 rings (SSSR count). The van der Waals surface area contributed by atoms with Crippen molar-refractivity contribution >= 4 is 23.6 Å². The van der Waals surface area contributed by atoms with Gasteiger partial charge in [-0.05, 0) is 18.1 Å². The van der Waals surface area contributed by atoms with E-state index in [1.54, 1.807) is 0 Å². The molecular weight excluding hydrogens is 495 g/mol. The molecule has 13 heteroatoms. The van der Waals surface area contributed by atoms with E-state index in [-0.39, 0.29) is 19.0 Å². The number of hydrogen-bond acceptors (Lipinski definition) is 6. The van der Waals surface area contributed by atoms with Crippen molar-refractivity contribution in [3.63, 3.8) is 0 Å². The van der Waals surface area contributed by atoms with E-state index in [4.69, 9.17) is 4.74 Å². The van der Waals surface area contributed by atoms with Crippen LogP contribution in [-0.2, 0) is 22.2 Å². The lowest BCUT2D eigenvalue weighted by atomic mass is 9.73. The van der Waals surface area contributed by atoms with Gasteiger partial charge in [0.15, 0.2) is 0 Å². The minimum Gasteiger partial charge on any atom is -0.475 e. The number of pyridine rings is 1. The van der Waals surface area contributed by atoms with Gasteiger partial charge in [0.1, 0.15) is 23.8 Å². The van der Waals surface area contributed by atoms with Crippen LogP contribution in [0.4, 0.5) is 18.0 Å². The lowest BCUT2D eigenvalue weighted by Crippen LogP contribution is -2.59. The number of rotatable bonds is 7. The van der Waals surface area contributed by atoms with Crippen molar-refractivity contribution in [1.29, 1.82) is 0 Å². The highest BCUT2D eigenvalue weighted by molar-refractivity contribution is 6.13. The lowest BCUT2D eigenvalue weighted by molar-refractivity contribution is -0.142. The molecule has 0 radical (unpaired) electrons. The SMILES string of the molecule is CN1N=C2CCN(C(=O)C(COc3cccc(C(F)(F)F)n3)NC(=O)O)CC2(Cc2ccccc2)C1=O. The molecule has 0 saturated carbocycles. The number of carbonyl (C=O) groups is 3. The molecule has 0 aliphatic carbocycles. The van der Waals surface area contributed by atoms with Crippen molar-refractivity contribution in [3.05, 3.63) is 59.8 Å². The van der Waals surface area contributed by atoms with E-state index in [9.17, 15) is 32.7 Å². The average Bonchev–Trinajstić information content (AvgIpc) is 3.10. The van der Waals surface area contributed by atoms with E-state index < -0.39 is 47.8 Å². The standard InChI is InChI=1S/C24H24F3N5O5/c1-31-21(34)23(12-15-6-3-2-4-7-15)14-32(11-10-17(23)30-31)20(33)16(28-22(35)36)13-37-19-9-5-8-18(29-19)24(25,26)27/h2-9,16,28H,10-14H2,1H3,(H,35,36). The molecule has 196 valence electrons. The third kappa shape index (κ3) is 5.49. The van der Waals surface area contributed by atoms with Gasteiger partial charge in [0.25, 0.3) is 5.91 Å². The smallest absolute Gasteiger partial charge is 0.433 e. The highest BCUT2D eigenvalue weighted by Crippen LogP contribution is 2.38. The number of ether oxygens (including phenoxy) is 1. The van der Waals surface area contributed by atoms with Crippen LogP contribution in [0.3, 0.4) is 0 Å². The van der Waals surface area contributed by atoms with Crippen LogP contribution in [0, 0.1) is 5.41 Å². The average molecular weight is 519 g/mol. The Morgan fingerprint density at radius 1 is 1.19 bits per heavy atom. The first-order valence-electron chi connectivity index (χ1n) is 11.3. The second-order valence-corrected chi connectivity index (χ2v) is 8.80. The van der Waals surface area contributed by atoms with Crippen LogP contribution in [-0.4, -0.2) is 76.4 Å². The summed E-state index contributed by atoms with van der Waals surface area (Å²) < 4.78 is 44.2. The van der Waals surface area contributed by atoms with Crippen LogP contribution >= 0.6 is 0 Å². The molecule has 3 amide bonds. The van der Waals surface area contributed by atoms with Crippen LogP contribution in [0.1, 0.15) is 17.7 Å². The number of aromatic nitrogens is 1. The number of likely N-dealkylation sites (tertiary alicyclic amines) is 1. The highest BCUT2D eigenvalue weighted by atomic mass is 19.4. The molecule has 2 N–H and O–H groups in total. The van der Waals surface area contributed by atoms with Gasteiger partial charge in [-0.25, -0.2) is 14.8 Å². The Morgan fingerprint density at radius 2 is 1.92 bits per heavy atom. The number of nitrogens with zero attached hydrogens (tertiary/aromatic N) is 4. The van der Waals surface area contributed by atoms with Crippen molar-refractivity contribution in [2.24, 2.45) is 10.5 Å². The monoisotopic (exact) mass is 519 g/mol. The van der Waals surface area contributed by atoms with Crippen LogP contribution in [0.2, 0.25) is 0 Å². The minimum atomic E-state index is -4.70. The molecule has 2 aliphatic rings. The van der Waals surface area contributed by atoms with Crippen molar-refractivity contribution < 1.29 is 37.4 Å². The topological polar surface area (TPSA) is 124 Å². The summed E-state index contributed by atoms with van der Waals surface area (Å²) in [7, 11) is 1.54. The number of hydrazone groups is 1. The Labute approximate surface area is 209 Å². The van der Waals surface area contributed by atoms with E-state index in [2.05, 4.69) is 15.4 Å². The Bertz CT molecular complexity index is 1220. The van der Waals surface area contributed by atoms with Crippen LogP contribution in [0.5, 0.6) is 5.88 Å². The first-order chi connectivity index (χ1) is 17.5. The van der Waals surface area contributed by atoms with Gasteiger partial charge in [0, 0.05) is 32.6 Å². The van der Waals surface area contributed by atoms with Gasteiger partial charge in [0.2, 0.25) is 11.8 Å². The Balaban J connectivity index is 1.54. The zero-order valence-corrected chi connectivity index (χ0v) is 19.7. The van der Waals surface area contributed by atoms with Gasteiger partial charge in [0.05, 0.1) is 5.71 Å². The number of alkyl halides is 3. The van der Waals surface area contributed by atoms with E-state index in [1.165, 1.54) is 23.0 Å². The van der Waals surface area contributed by atoms with Crippen molar-refractivity contribution in [2.75, 3.05) is 26.7 Å². The number of nitrogens with one attached hydrogen (secondary N) is 1. The predicted molar refractivity (Wildman–Crippen MR) is 124 cm³/mol. The Hall–Kier alpha value is -4.16. The first kappa shape index (κ1) is 25.9. The van der Waals surface area contributed by atoms with E-state index in [0.29, 0.717) is 18.6 Å². The summed E-state index contributed by atoms with van der Waals surface area (Å²) in [6.45, 7) is -0.465. The fraction of sp³-hybridized carbons (Fsp3) is 0.375. The van der Waals surface area contributed by atoms with Crippen LogP contribution < -0.4 is 10.1 Å². The third-order valence-electron chi connectivity index (χ3n) is 6.27. The molecule has 1 fully saturated rings. The third-order valence-corrected chi connectivity index (χ3v) is 6.27. The molecule has 0 bridgehead atoms. The quantitative estimate of drug-likeness (QED) is 0.579. The van der Waals surface area contributed by atoms with Crippen molar-refractivity contribution in [3.8, 4) is 5.88 Å². The van der Waals surface area contributed by atoms with Gasteiger partial charge < -0.3 is 20.1 Å². The summed E-state index contributed by atoms with van der Waals surface area (Å²) >= 11 is 0. The molecule has 2 aliphatic heterocycles. The number of halogens is 3. The maximum absolute atomic E-state index is 13.4. The lowest BCUT2D eigenvalue weighted by Gasteiger charge is -2.40. The maximum Gasteiger partial charge on any atom is 0.433 e. The zero-order chi connectivity index (χ0) is 26.8. The van der Waals surface area contributed by atoms with Crippen molar-refractivity contribution in [1.82, 2.24) is 20.2 Å². The molecule has 3 heterocycles. The summed E-state index contributed by atoms with van der Waals surface area (Å²) in [5.41, 5.74) is -0.789. The molecule has 10 nitrogen and oxygen atoms in total. The van der Waals surface area contributed by atoms with Crippen molar-refractivity contribution in [2.45, 2.75) is 25.1 Å². The molecule has 1 aromatic heterocycles. The van der Waals surface area contributed by atoms with Crippen LogP contribution in [0.15, 0.2) is 53.6 Å². The molecule has 2 atom stereocenters. The van der Waals surface area contributed by atoms with Gasteiger partial charge in [-0.3, -0.25) is 9.59 Å². The Kier molecular flexibility index (Phi) is 7.05. The molecule has 2 unspecified atom stereocenters. The highest BCUT2D eigenvalue weighted by Gasteiger charge is 2.54. The second-order valence-electron chi connectivity index (χ2n) is 8.80. The van der Waals surface area contributed by atoms with Gasteiger partial charge in [-0.1, -0.05) is 36.4 Å². The van der Waals surface area contributed by atoms with Crippen LogP contribution in [0.25, 0.3) is 0 Å². The summed E-state index contributed by atoms with van der Waals surface area (Å²) in [5.74, 6) is -1.37. The number of amides is 3. The fourth-order valence-electron chi connectivity index (χ4n) is 4.58. The molecule has 1 aromatic carbocycles. The number of fused-ring (bicyclic) bond motifs is 1. The molecule has 0 spiro atoms. The van der Waals surface area contributed by atoms with Gasteiger partial charge in [-0.15, -0.1) is 0 Å². The van der Waals surface area contributed by atoms with Gasteiger partial charge in [-0.2, -0.15) is 18.3 Å². The zero-order valence-electron chi connectivity index (χ0n) is 19.7. The van der Waals surface area contributed by atoms with Gasteiger partial charge >= 0.3 is 12.3 Å². The number of hydrogen-bond donors (Lipinski definition) is 2. The molecule has 1 saturated heterocycles. The summed E-state index contributed by atoms with van der Waals surface area (Å²) in [5, 5.41) is 17.0. The number of carbonyl (C=O) groups excluding carboxylic acids is 2. The second kappa shape index (κ2) is 10.1. The molecular formula is C24H24F3N5O5. The van der Waals surface area contributed by atoms with E-state index >= 15 is 0 Å². The minimum absolute atomic E-state index is 0.0393. The summed E-state index contributed by atoms with van der Waals surface area (Å²) in [4.78, 5) is 42.8. The largest absolute Gasteiger partial charge is 0.475 e. The summed E-state index contributed by atoms with van der Waals surface area (Å²) in [6.07, 6.45) is -5.63. The van der Waals surface area contributed by atoms with E-state index in [0.717, 1.165) is 17.7 Å². The van der Waals surface area contributed by atoms with E-state index in [1.807, 2.05) is 30.3 Å². The predicted octanol–water partition coefficient (Wildman–Crippen LogP) is 2.40. The normalized spacial score (nSPS) is 20.2.